The molecule has 1 heterocycles. The highest BCUT2D eigenvalue weighted by molar-refractivity contribution is 14.0. The number of ether oxygens (including phenoxy) is 1. The molecule has 148 valence electrons. The smallest absolute Gasteiger partial charge is 0.191 e. The van der Waals surface area contributed by atoms with Crippen molar-refractivity contribution in [3.63, 3.8) is 0 Å². The Bertz CT molecular complexity index is 846. The number of benzene rings is 2. The number of guanidine groups is 1. The average molecular weight is 491 g/mol. The number of nitrogens with zero attached hydrogens (tertiary/aromatic N) is 3. The average Bonchev–Trinajstić information content (AvgIpc) is 3.26. The van der Waals surface area contributed by atoms with E-state index < -0.39 is 0 Å². The van der Waals surface area contributed by atoms with Gasteiger partial charge in [0.2, 0.25) is 0 Å². The minimum atomic E-state index is 0. The van der Waals surface area contributed by atoms with Gasteiger partial charge in [-0.05, 0) is 47.9 Å². The minimum Gasteiger partial charge on any atom is -0.497 e. The van der Waals surface area contributed by atoms with Crippen molar-refractivity contribution in [3.05, 3.63) is 78.1 Å². The molecule has 0 saturated heterocycles. The summed E-state index contributed by atoms with van der Waals surface area (Å²) >= 11 is 0. The highest BCUT2D eigenvalue weighted by Gasteiger charge is 2.01. The molecule has 6 nitrogen and oxygen atoms in total. The molecule has 0 amide bonds. The van der Waals surface area contributed by atoms with Crippen LogP contribution in [-0.4, -0.2) is 36.4 Å². The number of hydrogen-bond acceptors (Lipinski definition) is 3. The molecule has 0 fully saturated rings. The van der Waals surface area contributed by atoms with Crippen LogP contribution in [0.25, 0.3) is 5.69 Å². The lowest BCUT2D eigenvalue weighted by molar-refractivity contribution is 0.414. The van der Waals surface area contributed by atoms with Crippen LogP contribution >= 0.6 is 24.0 Å². The zero-order valence-electron chi connectivity index (χ0n) is 16.1. The van der Waals surface area contributed by atoms with Gasteiger partial charge in [-0.15, -0.1) is 24.0 Å². The Morgan fingerprint density at radius 2 is 1.75 bits per heavy atom. The molecule has 0 saturated carbocycles. The van der Waals surface area contributed by atoms with Crippen LogP contribution in [0.4, 0.5) is 0 Å². The molecule has 2 aromatic carbocycles. The van der Waals surface area contributed by atoms with Crippen molar-refractivity contribution >= 4 is 29.9 Å². The standard InChI is InChI=1S/C21H25N5O.HI/c1-22-21(23-14-12-17-6-10-20(27-2)11-7-17)24-16-18-4-8-19(9-5-18)26-15-3-13-25-26;/h3-11,13,15H,12,14,16H2,1-2H3,(H2,22,23,24);1H. The van der Waals surface area contributed by atoms with Crippen molar-refractivity contribution < 1.29 is 4.74 Å². The third kappa shape index (κ3) is 6.26. The topological polar surface area (TPSA) is 63.5 Å². The van der Waals surface area contributed by atoms with Crippen LogP contribution in [0.15, 0.2) is 72.0 Å². The normalized spacial score (nSPS) is 10.9. The molecule has 0 bridgehead atoms. The van der Waals surface area contributed by atoms with Crippen LogP contribution in [0.5, 0.6) is 5.75 Å². The first-order valence-corrected chi connectivity index (χ1v) is 8.95. The van der Waals surface area contributed by atoms with E-state index in [2.05, 4.69) is 57.1 Å². The summed E-state index contributed by atoms with van der Waals surface area (Å²) in [5.41, 5.74) is 3.49. The van der Waals surface area contributed by atoms with Crippen LogP contribution in [0.3, 0.4) is 0 Å². The first-order valence-electron chi connectivity index (χ1n) is 8.95. The van der Waals surface area contributed by atoms with E-state index in [1.807, 2.05) is 29.1 Å². The lowest BCUT2D eigenvalue weighted by Gasteiger charge is -2.12. The monoisotopic (exact) mass is 491 g/mol. The summed E-state index contributed by atoms with van der Waals surface area (Å²) in [6.45, 7) is 1.52. The van der Waals surface area contributed by atoms with Gasteiger partial charge < -0.3 is 15.4 Å². The molecule has 0 radical (unpaired) electrons. The second-order valence-electron chi connectivity index (χ2n) is 6.07. The summed E-state index contributed by atoms with van der Waals surface area (Å²) in [7, 11) is 3.46. The number of halogens is 1. The van der Waals surface area contributed by atoms with Crippen molar-refractivity contribution in [2.45, 2.75) is 13.0 Å². The minimum absolute atomic E-state index is 0. The number of hydrogen-bond donors (Lipinski definition) is 2. The van der Waals surface area contributed by atoms with E-state index in [0.717, 1.165) is 30.4 Å². The zero-order valence-corrected chi connectivity index (χ0v) is 18.5. The van der Waals surface area contributed by atoms with Gasteiger partial charge in [-0.1, -0.05) is 24.3 Å². The summed E-state index contributed by atoms with van der Waals surface area (Å²) in [4.78, 5) is 4.28. The quantitative estimate of drug-likeness (QED) is 0.302. The number of aromatic nitrogens is 2. The molecule has 2 N–H and O–H groups in total. The van der Waals surface area contributed by atoms with E-state index in [1.54, 1.807) is 20.4 Å². The van der Waals surface area contributed by atoms with Gasteiger partial charge in [0.05, 0.1) is 12.8 Å². The second kappa shape index (κ2) is 11.3. The van der Waals surface area contributed by atoms with Crippen LogP contribution in [0.2, 0.25) is 0 Å². The van der Waals surface area contributed by atoms with Gasteiger partial charge in [0, 0.05) is 32.5 Å². The Hall–Kier alpha value is -2.55. The maximum absolute atomic E-state index is 5.18. The molecule has 1 aromatic heterocycles. The first kappa shape index (κ1) is 21.7. The van der Waals surface area contributed by atoms with E-state index in [1.165, 1.54) is 11.1 Å². The summed E-state index contributed by atoms with van der Waals surface area (Å²) < 4.78 is 7.03. The van der Waals surface area contributed by atoms with Crippen molar-refractivity contribution in [2.24, 2.45) is 4.99 Å². The molecule has 0 spiro atoms. The molecule has 0 aliphatic rings. The predicted molar refractivity (Wildman–Crippen MR) is 124 cm³/mol. The van der Waals surface area contributed by atoms with Gasteiger partial charge in [-0.2, -0.15) is 5.10 Å². The third-order valence-electron chi connectivity index (χ3n) is 4.25. The molecular weight excluding hydrogens is 465 g/mol. The van der Waals surface area contributed by atoms with Crippen LogP contribution < -0.4 is 15.4 Å². The van der Waals surface area contributed by atoms with E-state index in [4.69, 9.17) is 4.74 Å². The fourth-order valence-corrected chi connectivity index (χ4v) is 2.71. The van der Waals surface area contributed by atoms with E-state index >= 15 is 0 Å². The molecule has 0 aliphatic heterocycles. The van der Waals surface area contributed by atoms with Gasteiger partial charge in [0.25, 0.3) is 0 Å². The van der Waals surface area contributed by atoms with Crippen LogP contribution in [-0.2, 0) is 13.0 Å². The Balaban J connectivity index is 0.00000280. The van der Waals surface area contributed by atoms with Crippen molar-refractivity contribution in [1.29, 1.82) is 0 Å². The molecular formula is C21H26IN5O. The van der Waals surface area contributed by atoms with Crippen molar-refractivity contribution in [3.8, 4) is 11.4 Å². The first-order chi connectivity index (χ1) is 13.3. The second-order valence-corrected chi connectivity index (χ2v) is 6.07. The fraction of sp³-hybridized carbons (Fsp3) is 0.238. The maximum Gasteiger partial charge on any atom is 0.191 e. The molecule has 3 aromatic rings. The number of methoxy groups -OCH3 is 1. The molecule has 7 heteroatoms. The Morgan fingerprint density at radius 1 is 1.04 bits per heavy atom. The van der Waals surface area contributed by atoms with Crippen molar-refractivity contribution in [2.75, 3.05) is 20.7 Å². The highest BCUT2D eigenvalue weighted by Crippen LogP contribution is 2.11. The Morgan fingerprint density at radius 3 is 2.36 bits per heavy atom. The lowest BCUT2D eigenvalue weighted by atomic mass is 10.1. The SMILES string of the molecule is CN=C(NCCc1ccc(OC)cc1)NCc1ccc(-n2cccn2)cc1.I. The molecule has 3 rings (SSSR count). The Kier molecular flexibility index (Phi) is 8.80. The fourth-order valence-electron chi connectivity index (χ4n) is 2.71. The summed E-state index contributed by atoms with van der Waals surface area (Å²) in [5.74, 6) is 1.67. The van der Waals surface area contributed by atoms with Gasteiger partial charge in [-0.25, -0.2) is 4.68 Å². The van der Waals surface area contributed by atoms with E-state index in [0.29, 0.717) is 6.54 Å². The number of rotatable bonds is 7. The zero-order chi connectivity index (χ0) is 18.9. The number of aliphatic imine (C=N–C) groups is 1. The van der Waals surface area contributed by atoms with Gasteiger partial charge >= 0.3 is 0 Å². The maximum atomic E-state index is 5.18. The van der Waals surface area contributed by atoms with Crippen LogP contribution in [0.1, 0.15) is 11.1 Å². The van der Waals surface area contributed by atoms with Gasteiger partial charge in [0.1, 0.15) is 5.75 Å². The summed E-state index contributed by atoms with van der Waals surface area (Å²) in [5, 5.41) is 10.9. The molecule has 0 aliphatic carbocycles. The third-order valence-corrected chi connectivity index (χ3v) is 4.25. The highest BCUT2D eigenvalue weighted by atomic mass is 127. The summed E-state index contributed by atoms with van der Waals surface area (Å²) in [6, 6.07) is 18.3. The predicted octanol–water partition coefficient (Wildman–Crippen LogP) is 3.41. The van der Waals surface area contributed by atoms with Gasteiger partial charge in [-0.3, -0.25) is 4.99 Å². The number of nitrogens with one attached hydrogen (secondary N) is 2. The molecule has 0 unspecified atom stereocenters. The molecule has 28 heavy (non-hydrogen) atoms. The molecule has 0 atom stereocenters. The van der Waals surface area contributed by atoms with Crippen LogP contribution in [0, 0.1) is 0 Å². The van der Waals surface area contributed by atoms with E-state index in [-0.39, 0.29) is 24.0 Å². The van der Waals surface area contributed by atoms with Gasteiger partial charge in [0.15, 0.2) is 5.96 Å². The largest absolute Gasteiger partial charge is 0.497 e. The Labute approximate surface area is 183 Å². The van der Waals surface area contributed by atoms with Crippen molar-refractivity contribution in [1.82, 2.24) is 20.4 Å². The van der Waals surface area contributed by atoms with E-state index in [9.17, 15) is 0 Å². The summed E-state index contributed by atoms with van der Waals surface area (Å²) in [6.07, 6.45) is 4.63. The lowest BCUT2D eigenvalue weighted by Crippen LogP contribution is -2.37.